The number of furan rings is 1. The van der Waals surface area contributed by atoms with E-state index in [-0.39, 0.29) is 17.4 Å². The van der Waals surface area contributed by atoms with E-state index < -0.39 is 0 Å². The third-order valence-electron chi connectivity index (χ3n) is 5.31. The predicted molar refractivity (Wildman–Crippen MR) is 84.7 cm³/mol. The van der Waals surface area contributed by atoms with E-state index in [1.54, 1.807) is 12.5 Å². The summed E-state index contributed by atoms with van der Waals surface area (Å²) in [5.41, 5.74) is 2.28. The molecule has 2 saturated heterocycles. The van der Waals surface area contributed by atoms with Crippen molar-refractivity contribution in [1.29, 1.82) is 0 Å². The lowest BCUT2D eigenvalue weighted by atomic mass is 9.75. The number of carbonyl (C=O) groups is 1. The summed E-state index contributed by atoms with van der Waals surface area (Å²) in [6.07, 6.45) is 10.0. The lowest BCUT2D eigenvalue weighted by molar-refractivity contribution is -0.120. The minimum absolute atomic E-state index is 0.104. The van der Waals surface area contributed by atoms with E-state index >= 15 is 0 Å². The maximum absolute atomic E-state index is 12.1. The lowest BCUT2D eigenvalue weighted by Crippen LogP contribution is -2.53. The van der Waals surface area contributed by atoms with Gasteiger partial charge in [0.05, 0.1) is 18.7 Å². The van der Waals surface area contributed by atoms with Gasteiger partial charge in [-0.3, -0.25) is 14.4 Å². The Morgan fingerprint density at radius 1 is 1.43 bits per heavy atom. The van der Waals surface area contributed by atoms with E-state index in [9.17, 15) is 4.79 Å². The third-order valence-corrected chi connectivity index (χ3v) is 5.31. The molecule has 0 aliphatic carbocycles. The maximum atomic E-state index is 12.1. The van der Waals surface area contributed by atoms with Crippen LogP contribution in [0.15, 0.2) is 35.4 Å². The van der Waals surface area contributed by atoms with E-state index in [1.807, 2.05) is 30.2 Å². The minimum Gasteiger partial charge on any atom is -0.472 e. The molecule has 1 spiro atoms. The van der Waals surface area contributed by atoms with Crippen molar-refractivity contribution in [2.75, 3.05) is 13.1 Å². The molecule has 0 radical (unpaired) electrons. The molecule has 1 amide bonds. The molecular weight excluding hydrogens is 292 g/mol. The molecule has 2 aliphatic heterocycles. The molecule has 2 aromatic rings. The zero-order chi connectivity index (χ0) is 15.9. The largest absolute Gasteiger partial charge is 0.472 e. The summed E-state index contributed by atoms with van der Waals surface area (Å²) in [6.45, 7) is 2.89. The Labute approximate surface area is 135 Å². The highest BCUT2D eigenvalue weighted by molar-refractivity contribution is 5.81. The summed E-state index contributed by atoms with van der Waals surface area (Å²) >= 11 is 0. The van der Waals surface area contributed by atoms with Crippen LogP contribution >= 0.6 is 0 Å². The van der Waals surface area contributed by atoms with Gasteiger partial charge >= 0.3 is 0 Å². The maximum Gasteiger partial charge on any atom is 0.221 e. The topological polar surface area (TPSA) is 63.3 Å². The molecule has 0 saturated carbocycles. The van der Waals surface area contributed by atoms with Crippen LogP contribution in [0.4, 0.5) is 0 Å². The van der Waals surface area contributed by atoms with Crippen LogP contribution in [-0.2, 0) is 18.4 Å². The molecular formula is C17H22N4O2. The van der Waals surface area contributed by atoms with Gasteiger partial charge in [-0.2, -0.15) is 5.10 Å². The number of aromatic nitrogens is 2. The number of piperidine rings is 1. The third kappa shape index (κ3) is 2.67. The van der Waals surface area contributed by atoms with Gasteiger partial charge in [0, 0.05) is 56.3 Å². The number of carbonyl (C=O) groups excluding carboxylic acids is 1. The second-order valence-corrected chi connectivity index (χ2v) is 6.82. The molecule has 1 atom stereocenters. The summed E-state index contributed by atoms with van der Waals surface area (Å²) in [4.78, 5) is 14.5. The first-order valence-corrected chi connectivity index (χ1v) is 8.18. The number of aryl methyl sites for hydroxylation is 1. The molecule has 1 N–H and O–H groups in total. The zero-order valence-electron chi connectivity index (χ0n) is 13.4. The van der Waals surface area contributed by atoms with Crippen LogP contribution in [0.25, 0.3) is 0 Å². The number of hydrogen-bond acceptors (Lipinski definition) is 4. The molecule has 1 unspecified atom stereocenters. The predicted octanol–water partition coefficient (Wildman–Crippen LogP) is 1.65. The van der Waals surface area contributed by atoms with Crippen LogP contribution < -0.4 is 5.32 Å². The normalized spacial score (nSPS) is 24.2. The molecule has 2 aliphatic rings. The van der Waals surface area contributed by atoms with E-state index in [4.69, 9.17) is 4.42 Å². The number of hydrogen-bond donors (Lipinski definition) is 1. The van der Waals surface area contributed by atoms with Gasteiger partial charge in [-0.25, -0.2) is 0 Å². The average Bonchev–Trinajstić information content (AvgIpc) is 3.24. The Balaban J connectivity index is 1.48. The number of likely N-dealkylation sites (tertiary alicyclic amines) is 1. The highest BCUT2D eigenvalue weighted by atomic mass is 16.3. The number of nitrogens with zero attached hydrogens (tertiary/aromatic N) is 3. The van der Waals surface area contributed by atoms with Gasteiger partial charge in [0.25, 0.3) is 0 Å². The average molecular weight is 314 g/mol. The van der Waals surface area contributed by atoms with E-state index in [0.717, 1.165) is 32.5 Å². The summed E-state index contributed by atoms with van der Waals surface area (Å²) in [7, 11) is 1.92. The summed E-state index contributed by atoms with van der Waals surface area (Å²) < 4.78 is 6.97. The molecule has 0 aromatic carbocycles. The van der Waals surface area contributed by atoms with Gasteiger partial charge in [-0.1, -0.05) is 0 Å². The molecule has 122 valence electrons. The summed E-state index contributed by atoms with van der Waals surface area (Å²) in [5, 5.41) is 7.57. The van der Waals surface area contributed by atoms with Crippen LogP contribution in [0.1, 0.15) is 36.3 Å². The van der Waals surface area contributed by atoms with Crippen LogP contribution in [-0.4, -0.2) is 39.2 Å². The zero-order valence-corrected chi connectivity index (χ0v) is 13.4. The Hall–Kier alpha value is -2.08. The van der Waals surface area contributed by atoms with Crippen LogP contribution in [0, 0.1) is 0 Å². The highest BCUT2D eigenvalue weighted by Crippen LogP contribution is 2.43. The minimum atomic E-state index is -0.104. The molecule has 6 heteroatoms. The standard InChI is InChI=1S/C17H22N4O2/c1-20-11-14(9-18-20)15-8-16(22)19-17(15)3-5-21(6-4-17)10-13-2-7-23-12-13/h2,7,9,11-12,15H,3-6,8,10H2,1H3,(H,19,22). The van der Waals surface area contributed by atoms with Gasteiger partial charge in [-0.15, -0.1) is 0 Å². The second kappa shape index (κ2) is 5.53. The van der Waals surface area contributed by atoms with Crippen LogP contribution in [0.5, 0.6) is 0 Å². The molecule has 4 heterocycles. The Bertz CT molecular complexity index is 683. The second-order valence-electron chi connectivity index (χ2n) is 6.82. The molecule has 6 nitrogen and oxygen atoms in total. The van der Waals surface area contributed by atoms with Gasteiger partial charge in [0.2, 0.25) is 5.91 Å². The van der Waals surface area contributed by atoms with Crippen molar-refractivity contribution >= 4 is 5.91 Å². The molecule has 4 rings (SSSR count). The Morgan fingerprint density at radius 3 is 2.91 bits per heavy atom. The Kier molecular flexibility index (Phi) is 3.49. The van der Waals surface area contributed by atoms with Crippen molar-refractivity contribution in [1.82, 2.24) is 20.0 Å². The van der Waals surface area contributed by atoms with E-state index in [2.05, 4.69) is 15.3 Å². The van der Waals surface area contributed by atoms with Gasteiger partial charge < -0.3 is 9.73 Å². The van der Waals surface area contributed by atoms with Gasteiger partial charge in [-0.05, 0) is 24.5 Å². The lowest BCUT2D eigenvalue weighted by Gasteiger charge is -2.42. The van der Waals surface area contributed by atoms with Crippen molar-refractivity contribution < 1.29 is 9.21 Å². The smallest absolute Gasteiger partial charge is 0.221 e. The molecule has 23 heavy (non-hydrogen) atoms. The fraction of sp³-hybridized carbons (Fsp3) is 0.529. The van der Waals surface area contributed by atoms with Crippen molar-refractivity contribution in [2.45, 2.75) is 37.3 Å². The van der Waals surface area contributed by atoms with Crippen molar-refractivity contribution in [2.24, 2.45) is 7.05 Å². The fourth-order valence-corrected chi connectivity index (χ4v) is 4.08. The first-order chi connectivity index (χ1) is 11.1. The first kappa shape index (κ1) is 14.5. The van der Waals surface area contributed by atoms with Crippen molar-refractivity contribution in [3.63, 3.8) is 0 Å². The monoisotopic (exact) mass is 314 g/mol. The first-order valence-electron chi connectivity index (χ1n) is 8.18. The van der Waals surface area contributed by atoms with Gasteiger partial charge in [0.15, 0.2) is 0 Å². The summed E-state index contributed by atoms with van der Waals surface area (Å²) in [5.74, 6) is 0.405. The van der Waals surface area contributed by atoms with E-state index in [0.29, 0.717) is 6.42 Å². The number of nitrogens with one attached hydrogen (secondary N) is 1. The highest BCUT2D eigenvalue weighted by Gasteiger charge is 2.48. The van der Waals surface area contributed by atoms with Crippen LogP contribution in [0.2, 0.25) is 0 Å². The van der Waals surface area contributed by atoms with Gasteiger partial charge in [0.1, 0.15) is 0 Å². The summed E-state index contributed by atoms with van der Waals surface area (Å²) in [6, 6.07) is 2.01. The van der Waals surface area contributed by atoms with Crippen LogP contribution in [0.3, 0.4) is 0 Å². The molecule has 0 bridgehead atoms. The SMILES string of the molecule is Cn1cc(C2CC(=O)NC23CCN(Cc2ccoc2)CC3)cn1. The van der Waals surface area contributed by atoms with Crippen molar-refractivity contribution in [3.05, 3.63) is 42.1 Å². The quantitative estimate of drug-likeness (QED) is 0.936. The molecule has 2 fully saturated rings. The Morgan fingerprint density at radius 2 is 2.26 bits per heavy atom. The number of rotatable bonds is 3. The number of amides is 1. The fourth-order valence-electron chi connectivity index (χ4n) is 4.08. The van der Waals surface area contributed by atoms with Crippen molar-refractivity contribution in [3.8, 4) is 0 Å². The molecule has 2 aromatic heterocycles. The van der Waals surface area contributed by atoms with E-state index in [1.165, 1.54) is 11.1 Å².